The summed E-state index contributed by atoms with van der Waals surface area (Å²) in [5.41, 5.74) is 4.53. The molecule has 3 heterocycles. The molecule has 2 aromatic heterocycles. The van der Waals surface area contributed by atoms with Gasteiger partial charge in [-0.25, -0.2) is 9.97 Å². The first-order valence-electron chi connectivity index (χ1n) is 7.28. The topological polar surface area (TPSA) is 89.9 Å². The summed E-state index contributed by atoms with van der Waals surface area (Å²) in [6, 6.07) is 0.971. The summed E-state index contributed by atoms with van der Waals surface area (Å²) in [5, 5.41) is 3.91. The summed E-state index contributed by atoms with van der Waals surface area (Å²) in [4.78, 5) is 20.5. The molecular formula is C14H15F3N6O. The van der Waals surface area contributed by atoms with Gasteiger partial charge in [-0.15, -0.1) is 0 Å². The number of alkyl halides is 3. The Morgan fingerprint density at radius 3 is 2.71 bits per heavy atom. The number of primary amides is 1. The molecule has 0 radical (unpaired) electrons. The minimum atomic E-state index is -4.58. The molecule has 7 nitrogen and oxygen atoms in total. The predicted octanol–water partition coefficient (Wildman–Crippen LogP) is 1.44. The van der Waals surface area contributed by atoms with Gasteiger partial charge >= 0.3 is 6.18 Å². The van der Waals surface area contributed by atoms with Crippen LogP contribution in [-0.4, -0.2) is 38.2 Å². The fourth-order valence-electron chi connectivity index (χ4n) is 2.41. The van der Waals surface area contributed by atoms with Crippen LogP contribution in [0, 0.1) is 0 Å². The zero-order valence-corrected chi connectivity index (χ0v) is 12.8. The fourth-order valence-corrected chi connectivity index (χ4v) is 2.41. The molecule has 1 fully saturated rings. The van der Waals surface area contributed by atoms with Crippen LogP contribution in [0.2, 0.25) is 0 Å². The van der Waals surface area contributed by atoms with Gasteiger partial charge in [0.15, 0.2) is 5.69 Å². The first kappa shape index (κ1) is 16.2. The van der Waals surface area contributed by atoms with Crippen LogP contribution in [0.25, 0.3) is 11.3 Å². The van der Waals surface area contributed by atoms with Crippen LogP contribution in [0.3, 0.4) is 0 Å². The molecule has 0 bridgehead atoms. The lowest BCUT2D eigenvalue weighted by molar-refractivity contribution is -0.141. The van der Waals surface area contributed by atoms with Crippen LogP contribution in [0.1, 0.15) is 19.0 Å². The summed E-state index contributed by atoms with van der Waals surface area (Å²) in [7, 11) is 0. The Hall–Kier alpha value is -2.65. The number of hydrogen-bond donors (Lipinski definition) is 1. The lowest BCUT2D eigenvalue weighted by Crippen LogP contribution is -2.46. The maximum atomic E-state index is 13.1. The van der Waals surface area contributed by atoms with E-state index >= 15 is 0 Å². The van der Waals surface area contributed by atoms with Crippen molar-refractivity contribution in [2.75, 3.05) is 11.4 Å². The Bertz CT molecular complexity index is 772. The van der Waals surface area contributed by atoms with E-state index in [1.165, 1.54) is 17.1 Å². The molecule has 1 atom stereocenters. The highest BCUT2D eigenvalue weighted by Crippen LogP contribution is 2.33. The van der Waals surface area contributed by atoms with Gasteiger partial charge in [-0.1, -0.05) is 0 Å². The number of hydrogen-bond acceptors (Lipinski definition) is 5. The lowest BCUT2D eigenvalue weighted by atomic mass is 10.1. The highest BCUT2D eigenvalue weighted by molar-refractivity contribution is 5.73. The minimum absolute atomic E-state index is 0.0428. The second-order valence-corrected chi connectivity index (χ2v) is 5.66. The molecule has 1 saturated heterocycles. The molecule has 24 heavy (non-hydrogen) atoms. The number of amides is 1. The number of aromatic nitrogens is 4. The van der Waals surface area contributed by atoms with Crippen LogP contribution < -0.4 is 10.6 Å². The van der Waals surface area contributed by atoms with E-state index in [0.717, 1.165) is 12.5 Å². The van der Waals surface area contributed by atoms with E-state index in [0.29, 0.717) is 12.1 Å². The second-order valence-electron chi connectivity index (χ2n) is 5.66. The van der Waals surface area contributed by atoms with E-state index in [1.54, 1.807) is 4.90 Å². The smallest absolute Gasteiger partial charge is 0.368 e. The van der Waals surface area contributed by atoms with Crippen LogP contribution >= 0.6 is 0 Å². The van der Waals surface area contributed by atoms with Gasteiger partial charge in [-0.2, -0.15) is 18.3 Å². The zero-order valence-electron chi connectivity index (χ0n) is 12.8. The molecule has 0 saturated carbocycles. The van der Waals surface area contributed by atoms with E-state index in [9.17, 15) is 18.0 Å². The molecule has 0 aliphatic carbocycles. The monoisotopic (exact) mass is 340 g/mol. The van der Waals surface area contributed by atoms with Crippen molar-refractivity contribution in [2.24, 2.45) is 5.73 Å². The van der Waals surface area contributed by atoms with Gasteiger partial charge in [-0.05, 0) is 19.4 Å². The summed E-state index contributed by atoms with van der Waals surface area (Å²) in [6.45, 7) is 2.35. The number of carbonyl (C=O) groups excluding carboxylic acids is 1. The third-order valence-corrected chi connectivity index (χ3v) is 3.83. The molecule has 10 heteroatoms. The molecule has 1 aliphatic heterocycles. The highest BCUT2D eigenvalue weighted by atomic mass is 19.4. The largest absolute Gasteiger partial charge is 0.433 e. The van der Waals surface area contributed by atoms with E-state index in [4.69, 9.17) is 5.73 Å². The Morgan fingerprint density at radius 1 is 1.42 bits per heavy atom. The zero-order chi connectivity index (χ0) is 17.5. The number of nitrogens with two attached hydrogens (primary N) is 1. The van der Waals surface area contributed by atoms with Crippen LogP contribution in [-0.2, 0) is 17.5 Å². The first-order valence-corrected chi connectivity index (χ1v) is 7.28. The SMILES string of the molecule is C[C@H]1CCN1c1nc(-c2cnn(CC(N)=O)c2)cc(C(F)(F)F)n1. The van der Waals surface area contributed by atoms with Crippen LogP contribution in [0.5, 0.6) is 0 Å². The Labute approximate surface area is 135 Å². The van der Waals surface area contributed by atoms with E-state index in [-0.39, 0.29) is 24.2 Å². The number of carbonyl (C=O) groups is 1. The molecule has 3 rings (SSSR count). The van der Waals surface area contributed by atoms with Gasteiger partial charge in [0.1, 0.15) is 6.54 Å². The number of anilines is 1. The summed E-state index contributed by atoms with van der Waals surface area (Å²) in [6.07, 6.45) is -0.930. The highest BCUT2D eigenvalue weighted by Gasteiger charge is 2.36. The average Bonchev–Trinajstić information content (AvgIpc) is 2.92. The van der Waals surface area contributed by atoms with Crippen molar-refractivity contribution in [3.05, 3.63) is 24.2 Å². The van der Waals surface area contributed by atoms with Crippen molar-refractivity contribution in [1.29, 1.82) is 0 Å². The van der Waals surface area contributed by atoms with Crippen molar-refractivity contribution in [3.63, 3.8) is 0 Å². The van der Waals surface area contributed by atoms with Crippen molar-refractivity contribution < 1.29 is 18.0 Å². The summed E-state index contributed by atoms with van der Waals surface area (Å²) < 4.78 is 40.6. The predicted molar refractivity (Wildman–Crippen MR) is 78.9 cm³/mol. The number of nitrogens with zero attached hydrogens (tertiary/aromatic N) is 5. The van der Waals surface area contributed by atoms with Crippen molar-refractivity contribution in [2.45, 2.75) is 32.1 Å². The third kappa shape index (κ3) is 3.17. The Kier molecular flexibility index (Phi) is 3.90. The molecule has 2 N–H and O–H groups in total. The molecule has 128 valence electrons. The Morgan fingerprint density at radius 2 is 2.17 bits per heavy atom. The average molecular weight is 340 g/mol. The molecule has 0 spiro atoms. The van der Waals surface area contributed by atoms with Crippen molar-refractivity contribution in [3.8, 4) is 11.3 Å². The van der Waals surface area contributed by atoms with Gasteiger partial charge < -0.3 is 10.6 Å². The molecule has 0 unspecified atom stereocenters. The van der Waals surface area contributed by atoms with Crippen molar-refractivity contribution >= 4 is 11.9 Å². The minimum Gasteiger partial charge on any atom is -0.368 e. The molecule has 2 aromatic rings. The van der Waals surface area contributed by atoms with E-state index < -0.39 is 17.8 Å². The van der Waals surface area contributed by atoms with Gasteiger partial charge in [0.05, 0.1) is 11.9 Å². The van der Waals surface area contributed by atoms with Gasteiger partial charge in [0.25, 0.3) is 0 Å². The maximum absolute atomic E-state index is 13.1. The summed E-state index contributed by atoms with van der Waals surface area (Å²) in [5.74, 6) is -0.556. The van der Waals surface area contributed by atoms with Gasteiger partial charge in [0.2, 0.25) is 11.9 Å². The molecule has 0 aromatic carbocycles. The normalized spacial score (nSPS) is 17.7. The summed E-state index contributed by atoms with van der Waals surface area (Å²) >= 11 is 0. The van der Waals surface area contributed by atoms with E-state index in [1.807, 2.05) is 6.92 Å². The number of rotatable bonds is 4. The first-order chi connectivity index (χ1) is 11.2. The van der Waals surface area contributed by atoms with E-state index in [2.05, 4.69) is 15.1 Å². The quantitative estimate of drug-likeness (QED) is 0.910. The molecular weight excluding hydrogens is 325 g/mol. The molecule has 1 amide bonds. The van der Waals surface area contributed by atoms with Gasteiger partial charge in [0, 0.05) is 24.3 Å². The second kappa shape index (κ2) is 5.77. The lowest BCUT2D eigenvalue weighted by Gasteiger charge is -2.38. The van der Waals surface area contributed by atoms with Crippen LogP contribution in [0.15, 0.2) is 18.5 Å². The standard InChI is InChI=1S/C14H15F3N6O/c1-8-2-3-23(8)13-20-10(4-11(21-13)14(15,16)17)9-5-19-22(6-9)7-12(18)24/h4-6,8H,2-3,7H2,1H3,(H2,18,24)/t8-/m0/s1. The number of halogens is 3. The van der Waals surface area contributed by atoms with Gasteiger partial charge in [-0.3, -0.25) is 9.48 Å². The third-order valence-electron chi connectivity index (χ3n) is 3.83. The maximum Gasteiger partial charge on any atom is 0.433 e. The van der Waals surface area contributed by atoms with Crippen LogP contribution in [0.4, 0.5) is 19.1 Å². The van der Waals surface area contributed by atoms with Crippen molar-refractivity contribution in [1.82, 2.24) is 19.7 Å². The Balaban J connectivity index is 2.01. The molecule has 1 aliphatic rings. The fraction of sp³-hybridized carbons (Fsp3) is 0.429.